The number of amides is 1. The van der Waals surface area contributed by atoms with E-state index in [4.69, 9.17) is 4.74 Å². The number of hydrogen-bond donors (Lipinski definition) is 2. The van der Waals surface area contributed by atoms with Gasteiger partial charge in [0.1, 0.15) is 11.9 Å². The lowest BCUT2D eigenvalue weighted by Crippen LogP contribution is -2.44. The molecule has 8 nitrogen and oxygen atoms in total. The van der Waals surface area contributed by atoms with Gasteiger partial charge in [0.25, 0.3) is 0 Å². The SMILES string of the molecule is Cc1nc(C2CN(CC(=O)NCc3ccccn3)CCO2)n[nH]1. The zero-order valence-corrected chi connectivity index (χ0v) is 13.0. The molecule has 2 aromatic heterocycles. The van der Waals surface area contributed by atoms with Crippen molar-refractivity contribution in [3.63, 3.8) is 0 Å². The van der Waals surface area contributed by atoms with Crippen LogP contribution in [-0.2, 0) is 16.1 Å². The monoisotopic (exact) mass is 316 g/mol. The largest absolute Gasteiger partial charge is 0.367 e. The molecule has 122 valence electrons. The predicted molar refractivity (Wildman–Crippen MR) is 82.3 cm³/mol. The van der Waals surface area contributed by atoms with E-state index in [1.807, 2.05) is 30.0 Å². The Kier molecular flexibility index (Phi) is 4.94. The number of hydrogen-bond acceptors (Lipinski definition) is 6. The van der Waals surface area contributed by atoms with E-state index >= 15 is 0 Å². The molecule has 0 spiro atoms. The molecule has 1 atom stereocenters. The molecule has 0 saturated carbocycles. The molecule has 2 aromatic rings. The first-order valence-electron chi connectivity index (χ1n) is 7.60. The molecular formula is C15H20N6O2. The van der Waals surface area contributed by atoms with Gasteiger partial charge in [-0.05, 0) is 19.1 Å². The van der Waals surface area contributed by atoms with Gasteiger partial charge in [-0.1, -0.05) is 6.07 Å². The predicted octanol–water partition coefficient (Wildman–Crippen LogP) is 0.198. The highest BCUT2D eigenvalue weighted by Crippen LogP contribution is 2.18. The van der Waals surface area contributed by atoms with Gasteiger partial charge < -0.3 is 10.1 Å². The van der Waals surface area contributed by atoms with Crippen LogP contribution in [-0.4, -0.2) is 57.2 Å². The van der Waals surface area contributed by atoms with Crippen LogP contribution in [0.5, 0.6) is 0 Å². The number of nitrogens with one attached hydrogen (secondary N) is 2. The van der Waals surface area contributed by atoms with Gasteiger partial charge in [-0.2, -0.15) is 5.10 Å². The summed E-state index contributed by atoms with van der Waals surface area (Å²) in [4.78, 5) is 22.6. The van der Waals surface area contributed by atoms with E-state index in [9.17, 15) is 4.79 Å². The lowest BCUT2D eigenvalue weighted by Gasteiger charge is -2.30. The maximum atomic E-state index is 12.1. The molecule has 2 N–H and O–H groups in total. The maximum absolute atomic E-state index is 12.1. The van der Waals surface area contributed by atoms with Crippen molar-refractivity contribution in [3.8, 4) is 0 Å². The van der Waals surface area contributed by atoms with Gasteiger partial charge in [0.05, 0.1) is 25.4 Å². The molecular weight excluding hydrogens is 296 g/mol. The lowest BCUT2D eigenvalue weighted by molar-refractivity contribution is -0.124. The fraction of sp³-hybridized carbons (Fsp3) is 0.467. The van der Waals surface area contributed by atoms with Crippen molar-refractivity contribution in [2.45, 2.75) is 19.6 Å². The summed E-state index contributed by atoms with van der Waals surface area (Å²) in [5.74, 6) is 1.37. The van der Waals surface area contributed by atoms with Gasteiger partial charge in [-0.15, -0.1) is 0 Å². The van der Waals surface area contributed by atoms with Crippen LogP contribution in [0.4, 0.5) is 0 Å². The van der Waals surface area contributed by atoms with Crippen molar-refractivity contribution < 1.29 is 9.53 Å². The first kappa shape index (κ1) is 15.6. The Morgan fingerprint density at radius 3 is 3.17 bits per heavy atom. The number of H-pyrrole nitrogens is 1. The van der Waals surface area contributed by atoms with Crippen LogP contribution in [0.1, 0.15) is 23.4 Å². The van der Waals surface area contributed by atoms with Gasteiger partial charge in [-0.25, -0.2) is 4.98 Å². The van der Waals surface area contributed by atoms with Gasteiger partial charge >= 0.3 is 0 Å². The first-order chi connectivity index (χ1) is 11.2. The Bertz CT molecular complexity index is 644. The van der Waals surface area contributed by atoms with Crippen LogP contribution in [0.15, 0.2) is 24.4 Å². The molecule has 3 rings (SSSR count). The molecule has 1 fully saturated rings. The van der Waals surface area contributed by atoms with E-state index in [0.717, 1.165) is 18.1 Å². The highest BCUT2D eigenvalue weighted by atomic mass is 16.5. The number of rotatable bonds is 5. The number of pyridine rings is 1. The molecule has 1 unspecified atom stereocenters. The minimum Gasteiger partial charge on any atom is -0.367 e. The summed E-state index contributed by atoms with van der Waals surface area (Å²) in [6, 6.07) is 5.64. The maximum Gasteiger partial charge on any atom is 0.234 e. The number of aromatic amines is 1. The molecule has 8 heteroatoms. The summed E-state index contributed by atoms with van der Waals surface area (Å²) in [6.07, 6.45) is 1.52. The minimum absolute atomic E-state index is 0.0255. The third kappa shape index (κ3) is 4.33. The van der Waals surface area contributed by atoms with Crippen LogP contribution < -0.4 is 5.32 Å². The number of carbonyl (C=O) groups excluding carboxylic acids is 1. The van der Waals surface area contributed by atoms with Crippen molar-refractivity contribution in [3.05, 3.63) is 41.7 Å². The Morgan fingerprint density at radius 2 is 2.43 bits per heavy atom. The zero-order chi connectivity index (χ0) is 16.1. The van der Waals surface area contributed by atoms with E-state index in [-0.39, 0.29) is 12.0 Å². The third-order valence-corrected chi connectivity index (χ3v) is 3.61. The first-order valence-corrected chi connectivity index (χ1v) is 7.60. The molecule has 0 radical (unpaired) electrons. The lowest BCUT2D eigenvalue weighted by atomic mass is 10.2. The van der Waals surface area contributed by atoms with Crippen LogP contribution in [0.3, 0.4) is 0 Å². The Morgan fingerprint density at radius 1 is 1.52 bits per heavy atom. The second kappa shape index (κ2) is 7.30. The smallest absolute Gasteiger partial charge is 0.234 e. The van der Waals surface area contributed by atoms with Gasteiger partial charge in [0.2, 0.25) is 5.91 Å². The highest BCUT2D eigenvalue weighted by Gasteiger charge is 2.26. The van der Waals surface area contributed by atoms with Crippen molar-refractivity contribution in [2.24, 2.45) is 0 Å². The van der Waals surface area contributed by atoms with E-state index in [1.165, 1.54) is 0 Å². The van der Waals surface area contributed by atoms with E-state index in [1.54, 1.807) is 6.20 Å². The Hall–Kier alpha value is -2.32. The molecule has 1 saturated heterocycles. The number of aromatic nitrogens is 4. The number of ether oxygens (including phenoxy) is 1. The van der Waals surface area contributed by atoms with Crippen LogP contribution >= 0.6 is 0 Å². The topological polar surface area (TPSA) is 96.0 Å². The van der Waals surface area contributed by atoms with E-state index < -0.39 is 0 Å². The number of nitrogens with zero attached hydrogens (tertiary/aromatic N) is 4. The minimum atomic E-state index is -0.197. The van der Waals surface area contributed by atoms with Crippen LogP contribution in [0, 0.1) is 6.92 Å². The standard InChI is InChI=1S/C15H20N6O2/c1-11-18-15(20-19-11)13-9-21(6-7-23-13)10-14(22)17-8-12-4-2-3-5-16-12/h2-5,13H,6-10H2,1H3,(H,17,22)(H,18,19,20). The van der Waals surface area contributed by atoms with Crippen molar-refractivity contribution >= 4 is 5.91 Å². The summed E-state index contributed by atoms with van der Waals surface area (Å²) in [6.45, 7) is 4.50. The molecule has 23 heavy (non-hydrogen) atoms. The molecule has 1 aliphatic heterocycles. The second-order valence-corrected chi connectivity index (χ2v) is 5.47. The summed E-state index contributed by atoms with van der Waals surface area (Å²) in [7, 11) is 0. The average molecular weight is 316 g/mol. The van der Waals surface area contributed by atoms with Gasteiger partial charge in [-0.3, -0.25) is 19.8 Å². The van der Waals surface area contributed by atoms with E-state index in [2.05, 4.69) is 25.5 Å². The summed E-state index contributed by atoms with van der Waals surface area (Å²) in [5.41, 5.74) is 0.844. The van der Waals surface area contributed by atoms with Gasteiger partial charge in [0.15, 0.2) is 5.82 Å². The molecule has 1 aliphatic rings. The summed E-state index contributed by atoms with van der Waals surface area (Å²) < 4.78 is 5.69. The third-order valence-electron chi connectivity index (χ3n) is 3.61. The number of carbonyl (C=O) groups is 1. The van der Waals surface area contributed by atoms with Crippen molar-refractivity contribution in [1.29, 1.82) is 0 Å². The molecule has 0 aliphatic carbocycles. The summed E-state index contributed by atoms with van der Waals surface area (Å²) in [5, 5.41) is 9.83. The van der Waals surface area contributed by atoms with Crippen molar-refractivity contribution in [1.82, 2.24) is 30.4 Å². The van der Waals surface area contributed by atoms with Gasteiger partial charge in [0, 0.05) is 19.3 Å². The van der Waals surface area contributed by atoms with Crippen molar-refractivity contribution in [2.75, 3.05) is 26.2 Å². The number of aryl methyl sites for hydroxylation is 1. The second-order valence-electron chi connectivity index (χ2n) is 5.47. The highest BCUT2D eigenvalue weighted by molar-refractivity contribution is 5.77. The Labute approximate surface area is 134 Å². The Balaban J connectivity index is 1.48. The van der Waals surface area contributed by atoms with Crippen LogP contribution in [0.25, 0.3) is 0 Å². The number of morpholine rings is 1. The quantitative estimate of drug-likeness (QED) is 0.818. The van der Waals surface area contributed by atoms with Crippen LogP contribution in [0.2, 0.25) is 0 Å². The molecule has 3 heterocycles. The zero-order valence-electron chi connectivity index (χ0n) is 13.0. The molecule has 0 aromatic carbocycles. The molecule has 1 amide bonds. The van der Waals surface area contributed by atoms with E-state index in [0.29, 0.717) is 32.1 Å². The average Bonchev–Trinajstić information content (AvgIpc) is 3.01. The summed E-state index contributed by atoms with van der Waals surface area (Å²) >= 11 is 0. The normalized spacial score (nSPS) is 18.7. The fourth-order valence-electron chi connectivity index (χ4n) is 2.46. The molecule has 0 bridgehead atoms. The fourth-order valence-corrected chi connectivity index (χ4v) is 2.46.